The minimum Gasteiger partial charge on any atom is -0.502 e. The molecule has 6 aromatic rings. The number of fused-ring (bicyclic) bond motifs is 2. The molecule has 2 aliphatic carbocycles. The van der Waals surface area contributed by atoms with Gasteiger partial charge in [0.25, 0.3) is 11.8 Å². The van der Waals surface area contributed by atoms with E-state index in [-0.39, 0.29) is 31.2 Å². The van der Waals surface area contributed by atoms with Crippen molar-refractivity contribution in [1.82, 2.24) is 20.3 Å². The molecule has 0 unspecified atom stereocenters. The van der Waals surface area contributed by atoms with Gasteiger partial charge in [-0.05, 0) is 106 Å². The van der Waals surface area contributed by atoms with Crippen LogP contribution < -0.4 is 9.47 Å². The molecule has 0 fully saturated rings. The Labute approximate surface area is 379 Å². The van der Waals surface area contributed by atoms with E-state index in [4.69, 9.17) is 52.7 Å². The first-order valence-electron chi connectivity index (χ1n) is 20.2. The zero-order chi connectivity index (χ0) is 46.6. The summed E-state index contributed by atoms with van der Waals surface area (Å²) in [6, 6.07) is 21.6. The first-order valence-corrected chi connectivity index (χ1v) is 20.6. The lowest BCUT2D eigenvalue weighted by Gasteiger charge is -2.11. The van der Waals surface area contributed by atoms with Crippen LogP contribution in [0, 0.1) is 13.1 Å². The van der Waals surface area contributed by atoms with Crippen LogP contribution in [0.1, 0.15) is 61.2 Å². The van der Waals surface area contributed by atoms with Crippen LogP contribution in [-0.4, -0.2) is 76.9 Å². The van der Waals surface area contributed by atoms with E-state index in [0.717, 1.165) is 33.4 Å². The molecular weight excluding hydrogens is 856 g/mol. The second-order valence-electron chi connectivity index (χ2n) is 14.8. The van der Waals surface area contributed by atoms with Crippen molar-refractivity contribution in [1.29, 1.82) is 0 Å². The molecule has 0 spiro atoms. The molecule has 4 aromatic carbocycles. The first kappa shape index (κ1) is 47.0. The number of hydrogen-bond donors (Lipinski definition) is 0. The fourth-order valence-corrected chi connectivity index (χ4v) is 6.92. The summed E-state index contributed by atoms with van der Waals surface area (Å²) in [7, 11) is 2.86. The highest BCUT2D eigenvalue weighted by Crippen LogP contribution is 2.38. The highest BCUT2D eigenvalue weighted by molar-refractivity contribution is 6.63. The zero-order valence-electron chi connectivity index (χ0n) is 36.3. The Balaban J connectivity index is 0.000000193. The van der Waals surface area contributed by atoms with Gasteiger partial charge in [0.2, 0.25) is 28.3 Å². The molecule has 332 valence electrons. The van der Waals surface area contributed by atoms with Gasteiger partial charge >= 0.3 is 5.97 Å². The van der Waals surface area contributed by atoms with E-state index in [9.17, 15) is 14.4 Å². The molecule has 0 saturated heterocycles. The van der Waals surface area contributed by atoms with Crippen LogP contribution in [0.3, 0.4) is 0 Å². The molecule has 0 radical (unpaired) electrons. The van der Waals surface area contributed by atoms with Gasteiger partial charge < -0.3 is 32.7 Å². The van der Waals surface area contributed by atoms with Crippen molar-refractivity contribution >= 4 is 45.7 Å². The summed E-state index contributed by atoms with van der Waals surface area (Å²) in [5.74, 6) is 2.73. The highest BCUT2D eigenvalue weighted by Gasteiger charge is 2.26. The van der Waals surface area contributed by atoms with E-state index >= 15 is 0 Å². The number of allylic oxidation sites excluding steroid dienone is 1. The van der Waals surface area contributed by atoms with Gasteiger partial charge in [0.1, 0.15) is 30.5 Å². The second kappa shape index (κ2) is 21.7. The molecule has 2 aliphatic rings. The maximum absolute atomic E-state index is 12.0. The first-order chi connectivity index (χ1) is 31.3. The Bertz CT molecular complexity index is 2830. The number of aromatic nitrogens is 4. The van der Waals surface area contributed by atoms with Gasteiger partial charge in [-0.15, -0.1) is 0 Å². The summed E-state index contributed by atoms with van der Waals surface area (Å²) in [5.41, 5.74) is 7.13. The predicted molar refractivity (Wildman–Crippen MR) is 239 cm³/mol. The van der Waals surface area contributed by atoms with Crippen LogP contribution in [0.2, 0.25) is 0 Å². The van der Waals surface area contributed by atoms with Crippen LogP contribution in [0.15, 0.2) is 87.9 Å². The van der Waals surface area contributed by atoms with Gasteiger partial charge in [-0.25, -0.2) is 14.5 Å². The number of carbonyl (C=O) groups excluding carboxylic acids is 3. The van der Waals surface area contributed by atoms with E-state index < -0.39 is 11.2 Å². The number of carbonyl (C=O) groups is 3. The lowest BCUT2D eigenvalue weighted by atomic mass is 10.0. The normalized spacial score (nSPS) is 12.2. The molecule has 0 bridgehead atoms. The van der Waals surface area contributed by atoms with Crippen molar-refractivity contribution in [3.63, 3.8) is 0 Å². The summed E-state index contributed by atoms with van der Waals surface area (Å²) < 4.78 is 36.8. The number of halogens is 1. The van der Waals surface area contributed by atoms with Gasteiger partial charge in [-0.3, -0.25) is 9.59 Å². The molecule has 2 heterocycles. The number of hydrogen-bond acceptors (Lipinski definition) is 14. The molecule has 0 amide bonds. The SMILES string of the molecule is COCC(=O)Cl.[C-]#[N+]c1cc(-c2nc(-c3cccc4c3CC=C4OC(=O)COC)no2)ccc1OC(C)C.[C-]#[N+]c1cc(-c2nc(-c3cccc4c3CCC4=O)no2)ccc1OC(C)C. The van der Waals surface area contributed by atoms with Crippen LogP contribution in [0.4, 0.5) is 11.4 Å². The third-order valence-corrected chi connectivity index (χ3v) is 9.58. The number of rotatable bonds is 13. The standard InChI is InChI=1S/C24H21N3O5.C21H17N3O3.C3H5ClO2/c1-14(2)30-21-10-8-15(12-19(21)25-3)24-26-23(27-32-24)18-7-5-6-17-16(18)9-11-20(17)31-22(28)13-29-4;1-12(2)26-19-10-7-13(11-17(19)22-3)21-23-20(24-27-21)16-6-4-5-15-14(16)8-9-18(15)25;1-6-2-3(4)5/h5-8,10-12,14H,9,13H2,1-2,4H3;4-7,10-12H,8-9H2,1-2H3;2H2,1H3. The summed E-state index contributed by atoms with van der Waals surface area (Å²) in [6.07, 6.45) is 3.57. The number of methoxy groups -OCH3 is 2. The molecule has 0 atom stereocenters. The minimum atomic E-state index is -0.461. The van der Waals surface area contributed by atoms with E-state index in [1.807, 2.05) is 70.2 Å². The summed E-state index contributed by atoms with van der Waals surface area (Å²) in [6.45, 7) is 22.3. The lowest BCUT2D eigenvalue weighted by molar-refractivity contribution is -0.140. The highest BCUT2D eigenvalue weighted by atomic mass is 35.5. The Hall–Kier alpha value is -7.50. The second-order valence-corrected chi connectivity index (χ2v) is 15.2. The molecule has 16 nitrogen and oxygen atoms in total. The summed E-state index contributed by atoms with van der Waals surface area (Å²) >= 11 is 4.81. The molecule has 8 rings (SSSR count). The number of esters is 1. The zero-order valence-corrected chi connectivity index (χ0v) is 37.1. The van der Waals surface area contributed by atoms with Crippen LogP contribution in [0.5, 0.6) is 11.5 Å². The molecular formula is C48H43ClN6O10. The van der Waals surface area contributed by atoms with Crippen molar-refractivity contribution in [2.75, 3.05) is 27.4 Å². The van der Waals surface area contributed by atoms with Crippen molar-refractivity contribution in [3.8, 4) is 57.2 Å². The monoisotopic (exact) mass is 898 g/mol. The Morgan fingerprint density at radius 1 is 0.708 bits per heavy atom. The predicted octanol–water partition coefficient (Wildman–Crippen LogP) is 10.1. The summed E-state index contributed by atoms with van der Waals surface area (Å²) in [4.78, 5) is 49.5. The third-order valence-electron chi connectivity index (χ3n) is 9.47. The fraction of sp³-hybridized carbons (Fsp3) is 0.271. The number of Topliss-reactive ketones (excluding diaryl/α,β-unsaturated/α-hetero) is 1. The number of nitrogens with zero attached hydrogens (tertiary/aromatic N) is 6. The third kappa shape index (κ3) is 11.6. The van der Waals surface area contributed by atoms with Crippen LogP contribution >= 0.6 is 11.6 Å². The van der Waals surface area contributed by atoms with Gasteiger partial charge in [0.15, 0.2) is 5.78 Å². The van der Waals surface area contributed by atoms with Gasteiger partial charge in [0.05, 0.1) is 25.4 Å². The molecule has 0 saturated carbocycles. The molecule has 17 heteroatoms. The average molecular weight is 899 g/mol. The maximum Gasteiger partial charge on any atom is 0.337 e. The van der Waals surface area contributed by atoms with E-state index in [0.29, 0.717) is 82.5 Å². The number of benzene rings is 4. The van der Waals surface area contributed by atoms with Crippen molar-refractivity contribution in [2.24, 2.45) is 0 Å². The van der Waals surface area contributed by atoms with E-state index in [2.05, 4.69) is 34.7 Å². The van der Waals surface area contributed by atoms with E-state index in [1.54, 1.807) is 36.4 Å². The quantitative estimate of drug-likeness (QED) is 0.0606. The number of ether oxygens (including phenoxy) is 5. The fourth-order valence-electron chi connectivity index (χ4n) is 6.81. The number of ketones is 1. The molecule has 2 aromatic heterocycles. The maximum atomic E-state index is 12.0. The van der Waals surface area contributed by atoms with Crippen molar-refractivity contribution in [2.45, 2.75) is 59.2 Å². The average Bonchev–Trinajstić information content (AvgIpc) is 4.12. The van der Waals surface area contributed by atoms with Crippen LogP contribution in [0.25, 0.3) is 61.1 Å². The molecule has 65 heavy (non-hydrogen) atoms. The Morgan fingerprint density at radius 3 is 1.69 bits per heavy atom. The summed E-state index contributed by atoms with van der Waals surface area (Å²) in [5, 5.41) is 7.76. The van der Waals surface area contributed by atoms with Crippen LogP contribution in [-0.2, 0) is 36.6 Å². The van der Waals surface area contributed by atoms with Crippen molar-refractivity contribution in [3.05, 3.63) is 124 Å². The van der Waals surface area contributed by atoms with E-state index in [1.165, 1.54) is 14.2 Å². The van der Waals surface area contributed by atoms with Gasteiger partial charge in [-0.1, -0.05) is 46.7 Å². The Morgan fingerprint density at radius 2 is 1.22 bits per heavy atom. The smallest absolute Gasteiger partial charge is 0.337 e. The molecule has 0 aliphatic heterocycles. The Kier molecular flexibility index (Phi) is 15.7. The largest absolute Gasteiger partial charge is 0.502 e. The van der Waals surface area contributed by atoms with Crippen molar-refractivity contribution < 1.29 is 47.1 Å². The minimum absolute atomic E-state index is 0.00154. The topological polar surface area (TPSA) is 184 Å². The molecule has 0 N–H and O–H groups in total. The van der Waals surface area contributed by atoms with Gasteiger partial charge in [-0.2, -0.15) is 9.97 Å². The lowest BCUT2D eigenvalue weighted by Crippen LogP contribution is -2.10. The van der Waals surface area contributed by atoms with Gasteiger partial charge in [0, 0.05) is 54.0 Å².